The maximum absolute atomic E-state index is 12.9. The fourth-order valence-electron chi connectivity index (χ4n) is 3.94. The Hall–Kier alpha value is -4.80. The molecule has 0 aliphatic carbocycles. The molecule has 8 nitrogen and oxygen atoms in total. The maximum atomic E-state index is 12.9. The molecular weight excluding hydrogens is 485 g/mol. The molecule has 37 heavy (non-hydrogen) atoms. The van der Waals surface area contributed by atoms with Crippen LogP contribution in [-0.4, -0.2) is 31.7 Å². The van der Waals surface area contributed by atoms with Crippen molar-refractivity contribution in [3.63, 3.8) is 0 Å². The smallest absolute Gasteiger partial charge is 0.340 e. The number of anilines is 4. The standard InChI is InChI=1S/C26H19F3N6O2/c1-13(36)19-10-21-23(11-20(19)14(2)37)33-25(32-17-5-3-16(4-6-17)26(27,28)29)34-24(21)31-18-7-8-22-15(9-18)12-30-35-22/h3-12H,1-2H3,(H,30,35)(H2,31,32,33,34). The Kier molecular flexibility index (Phi) is 5.82. The van der Waals surface area contributed by atoms with Crippen molar-refractivity contribution in [2.24, 2.45) is 0 Å². The Morgan fingerprint density at radius 2 is 1.51 bits per heavy atom. The van der Waals surface area contributed by atoms with Crippen LogP contribution in [0, 0.1) is 0 Å². The lowest BCUT2D eigenvalue weighted by atomic mass is 9.98. The lowest BCUT2D eigenvalue weighted by Gasteiger charge is -2.14. The third-order valence-electron chi connectivity index (χ3n) is 5.76. The van der Waals surface area contributed by atoms with Crippen LogP contribution >= 0.6 is 0 Å². The predicted octanol–water partition coefficient (Wildman–Crippen LogP) is 6.42. The zero-order valence-corrected chi connectivity index (χ0v) is 19.6. The molecule has 0 saturated carbocycles. The first-order valence-corrected chi connectivity index (χ1v) is 11.1. The number of carbonyl (C=O) groups is 2. The first kappa shape index (κ1) is 23.9. The van der Waals surface area contributed by atoms with Crippen LogP contribution in [0.25, 0.3) is 21.8 Å². The Morgan fingerprint density at radius 3 is 2.19 bits per heavy atom. The number of hydrogen-bond acceptors (Lipinski definition) is 7. The highest BCUT2D eigenvalue weighted by molar-refractivity contribution is 6.11. The Bertz CT molecular complexity index is 1680. The molecule has 0 aliphatic heterocycles. The van der Waals surface area contributed by atoms with Gasteiger partial charge in [0, 0.05) is 33.3 Å². The lowest BCUT2D eigenvalue weighted by molar-refractivity contribution is -0.137. The Morgan fingerprint density at radius 1 is 0.838 bits per heavy atom. The summed E-state index contributed by atoms with van der Waals surface area (Å²) in [6.07, 6.45) is -2.79. The highest BCUT2D eigenvalue weighted by Crippen LogP contribution is 2.32. The number of aromatic amines is 1. The molecular formula is C26H19F3N6O2. The minimum Gasteiger partial charge on any atom is -0.340 e. The molecule has 5 rings (SSSR count). The molecule has 3 N–H and O–H groups in total. The molecule has 5 aromatic rings. The van der Waals surface area contributed by atoms with E-state index in [4.69, 9.17) is 0 Å². The average Bonchev–Trinajstić information content (AvgIpc) is 3.31. The summed E-state index contributed by atoms with van der Waals surface area (Å²) in [4.78, 5) is 33.5. The van der Waals surface area contributed by atoms with Crippen molar-refractivity contribution < 1.29 is 22.8 Å². The van der Waals surface area contributed by atoms with Gasteiger partial charge in [0.25, 0.3) is 0 Å². The van der Waals surface area contributed by atoms with Gasteiger partial charge in [-0.1, -0.05) is 0 Å². The number of fused-ring (bicyclic) bond motifs is 2. The molecule has 0 bridgehead atoms. The normalized spacial score (nSPS) is 11.6. The maximum Gasteiger partial charge on any atom is 0.416 e. The molecule has 0 saturated heterocycles. The van der Waals surface area contributed by atoms with E-state index in [2.05, 4.69) is 30.8 Å². The zero-order valence-electron chi connectivity index (χ0n) is 19.6. The van der Waals surface area contributed by atoms with Crippen LogP contribution in [0.4, 0.5) is 36.3 Å². The molecule has 0 atom stereocenters. The van der Waals surface area contributed by atoms with Crippen LogP contribution in [0.1, 0.15) is 40.1 Å². The monoisotopic (exact) mass is 504 g/mol. The third-order valence-corrected chi connectivity index (χ3v) is 5.76. The number of hydrogen-bond donors (Lipinski definition) is 3. The summed E-state index contributed by atoms with van der Waals surface area (Å²) in [5.41, 5.74) is 1.89. The van der Waals surface area contributed by atoms with Crippen molar-refractivity contribution in [1.29, 1.82) is 0 Å². The largest absolute Gasteiger partial charge is 0.416 e. The van der Waals surface area contributed by atoms with Crippen LogP contribution < -0.4 is 10.6 Å². The highest BCUT2D eigenvalue weighted by Gasteiger charge is 2.30. The molecule has 0 spiro atoms. The first-order chi connectivity index (χ1) is 17.6. The second kappa shape index (κ2) is 9.01. The van der Waals surface area contributed by atoms with Gasteiger partial charge in [0.15, 0.2) is 11.6 Å². The van der Waals surface area contributed by atoms with Crippen molar-refractivity contribution in [1.82, 2.24) is 20.2 Å². The second-order valence-corrected chi connectivity index (χ2v) is 8.42. The van der Waals surface area contributed by atoms with E-state index in [-0.39, 0.29) is 28.6 Å². The summed E-state index contributed by atoms with van der Waals surface area (Å²) in [5, 5.41) is 14.4. The number of nitrogens with zero attached hydrogens (tertiary/aromatic N) is 3. The molecule has 0 unspecified atom stereocenters. The second-order valence-electron chi connectivity index (χ2n) is 8.42. The van der Waals surface area contributed by atoms with E-state index in [0.717, 1.165) is 23.0 Å². The lowest BCUT2D eigenvalue weighted by Crippen LogP contribution is -2.08. The van der Waals surface area contributed by atoms with E-state index < -0.39 is 11.7 Å². The van der Waals surface area contributed by atoms with E-state index >= 15 is 0 Å². The fraction of sp³-hybridized carbons (Fsp3) is 0.115. The minimum atomic E-state index is -4.46. The molecule has 11 heteroatoms. The van der Waals surface area contributed by atoms with Gasteiger partial charge < -0.3 is 10.6 Å². The van der Waals surface area contributed by atoms with Crippen LogP contribution in [0.5, 0.6) is 0 Å². The third kappa shape index (κ3) is 4.83. The number of carbonyl (C=O) groups excluding carboxylic acids is 2. The number of Topliss-reactive ketones (excluding diaryl/α,β-unsaturated/α-hetero) is 2. The van der Waals surface area contributed by atoms with E-state index in [1.54, 1.807) is 12.3 Å². The molecule has 186 valence electrons. The van der Waals surface area contributed by atoms with Gasteiger partial charge in [0.05, 0.1) is 22.8 Å². The van der Waals surface area contributed by atoms with Gasteiger partial charge in [-0.05, 0) is 68.4 Å². The van der Waals surface area contributed by atoms with Crippen LogP contribution in [0.3, 0.4) is 0 Å². The molecule has 0 aliphatic rings. The van der Waals surface area contributed by atoms with Gasteiger partial charge >= 0.3 is 6.18 Å². The van der Waals surface area contributed by atoms with Crippen LogP contribution in [0.2, 0.25) is 0 Å². The predicted molar refractivity (Wildman–Crippen MR) is 134 cm³/mol. The molecule has 0 radical (unpaired) electrons. The Labute approximate surface area is 207 Å². The van der Waals surface area contributed by atoms with Crippen molar-refractivity contribution in [2.75, 3.05) is 10.6 Å². The molecule has 0 fully saturated rings. The van der Waals surface area contributed by atoms with E-state index in [0.29, 0.717) is 28.1 Å². The highest BCUT2D eigenvalue weighted by atomic mass is 19.4. The number of ketones is 2. The average molecular weight is 504 g/mol. The van der Waals surface area contributed by atoms with E-state index in [1.807, 2.05) is 18.2 Å². The number of halogens is 3. The van der Waals surface area contributed by atoms with Gasteiger partial charge in [-0.2, -0.15) is 23.3 Å². The van der Waals surface area contributed by atoms with E-state index in [9.17, 15) is 22.8 Å². The Balaban J connectivity index is 1.62. The zero-order chi connectivity index (χ0) is 26.3. The van der Waals surface area contributed by atoms with Gasteiger partial charge in [-0.25, -0.2) is 4.98 Å². The number of H-pyrrole nitrogens is 1. The van der Waals surface area contributed by atoms with E-state index in [1.165, 1.54) is 32.0 Å². The van der Waals surface area contributed by atoms with Crippen molar-refractivity contribution in [3.05, 3.63) is 77.5 Å². The number of aromatic nitrogens is 4. The number of rotatable bonds is 6. The van der Waals surface area contributed by atoms with Gasteiger partial charge in [-0.15, -0.1) is 0 Å². The molecule has 2 heterocycles. The summed E-state index contributed by atoms with van der Waals surface area (Å²) in [6.45, 7) is 2.73. The topological polar surface area (TPSA) is 113 Å². The van der Waals surface area contributed by atoms with Gasteiger partial charge in [0.2, 0.25) is 5.95 Å². The van der Waals surface area contributed by atoms with Gasteiger partial charge in [0.1, 0.15) is 5.82 Å². The summed E-state index contributed by atoms with van der Waals surface area (Å²) < 4.78 is 38.8. The van der Waals surface area contributed by atoms with Crippen molar-refractivity contribution in [3.8, 4) is 0 Å². The first-order valence-electron chi connectivity index (χ1n) is 11.1. The minimum absolute atomic E-state index is 0.0872. The quantitative estimate of drug-likeness (QED) is 0.229. The number of nitrogens with one attached hydrogen (secondary N) is 3. The molecule has 3 aromatic carbocycles. The van der Waals surface area contributed by atoms with Crippen molar-refractivity contribution >= 4 is 56.5 Å². The summed E-state index contributed by atoms with van der Waals surface area (Å²) >= 11 is 0. The van der Waals surface area contributed by atoms with Crippen molar-refractivity contribution in [2.45, 2.75) is 20.0 Å². The van der Waals surface area contributed by atoms with Crippen LogP contribution in [-0.2, 0) is 6.18 Å². The van der Waals surface area contributed by atoms with Crippen LogP contribution in [0.15, 0.2) is 60.8 Å². The SMILES string of the molecule is CC(=O)c1cc2nc(Nc3ccc(C(F)(F)F)cc3)nc(Nc3ccc4[nH]ncc4c3)c2cc1C(C)=O. The number of alkyl halides is 3. The summed E-state index contributed by atoms with van der Waals surface area (Å²) in [7, 11) is 0. The molecule has 0 amide bonds. The van der Waals surface area contributed by atoms with Gasteiger partial charge in [-0.3, -0.25) is 14.7 Å². The summed E-state index contributed by atoms with van der Waals surface area (Å²) in [6, 6.07) is 13.0. The fourth-order valence-corrected chi connectivity index (χ4v) is 3.94. The number of benzene rings is 3. The molecule has 2 aromatic heterocycles. The summed E-state index contributed by atoms with van der Waals surface area (Å²) in [5.74, 6) is -0.170.